The van der Waals surface area contributed by atoms with Crippen LogP contribution in [0, 0.1) is 17.2 Å². The quantitative estimate of drug-likeness (QED) is 0.168. The first kappa shape index (κ1) is 29.6. The zero-order chi connectivity index (χ0) is 31.7. The number of alkyl halides is 3. The Hall–Kier alpha value is -5.50. The van der Waals surface area contributed by atoms with Crippen molar-refractivity contribution in [3.8, 4) is 6.07 Å². The molecule has 0 unspecified atom stereocenters. The topological polar surface area (TPSA) is 113 Å². The molecule has 4 aromatic rings. The lowest BCUT2D eigenvalue weighted by Gasteiger charge is -2.32. The standard InChI is InChI=1S/C34H29F3N6O2/c1-20-7-9-43(10-8-20)28-13-22(12-23(14-28)34(35,36)37)32(44)41-25-4-2-3-24(15-25)40-26-5-6-29-30(33(45)42-31(29)17-26)16-27-11-21(18-38)19-39-27/h2-6,11-17,19-20,39-40H,7-10H2,1H3,(H,41,44)(H,42,45)/b30-16-. The molecule has 45 heavy (non-hydrogen) atoms. The number of piperidine rings is 1. The van der Waals surface area contributed by atoms with Gasteiger partial charge in [0, 0.05) is 58.9 Å². The van der Waals surface area contributed by atoms with Gasteiger partial charge in [0.05, 0.1) is 22.4 Å². The largest absolute Gasteiger partial charge is 0.416 e. The first-order valence-electron chi connectivity index (χ1n) is 14.5. The van der Waals surface area contributed by atoms with Crippen LogP contribution in [0.5, 0.6) is 0 Å². The number of carbonyl (C=O) groups is 2. The van der Waals surface area contributed by atoms with Gasteiger partial charge in [-0.2, -0.15) is 18.4 Å². The van der Waals surface area contributed by atoms with Gasteiger partial charge in [0.25, 0.3) is 11.8 Å². The monoisotopic (exact) mass is 610 g/mol. The number of aromatic amines is 1. The Morgan fingerprint density at radius 3 is 2.51 bits per heavy atom. The molecule has 0 atom stereocenters. The number of H-pyrrole nitrogens is 1. The van der Waals surface area contributed by atoms with Crippen molar-refractivity contribution >= 4 is 51.9 Å². The second-order valence-electron chi connectivity index (χ2n) is 11.3. The molecule has 2 aliphatic rings. The molecule has 1 fully saturated rings. The second-order valence-corrected chi connectivity index (χ2v) is 11.3. The minimum Gasteiger partial charge on any atom is -0.371 e. The van der Waals surface area contributed by atoms with E-state index in [4.69, 9.17) is 5.26 Å². The number of hydrogen-bond acceptors (Lipinski definition) is 5. The lowest BCUT2D eigenvalue weighted by molar-refractivity contribution is -0.137. The van der Waals surface area contributed by atoms with Crippen molar-refractivity contribution in [1.82, 2.24) is 4.98 Å². The van der Waals surface area contributed by atoms with E-state index in [0.717, 1.165) is 25.0 Å². The summed E-state index contributed by atoms with van der Waals surface area (Å²) in [5.41, 5.74) is 4.02. The molecule has 11 heteroatoms. The highest BCUT2D eigenvalue weighted by Crippen LogP contribution is 2.37. The molecule has 3 aromatic carbocycles. The minimum atomic E-state index is -4.59. The maximum absolute atomic E-state index is 13.8. The summed E-state index contributed by atoms with van der Waals surface area (Å²) in [6, 6.07) is 19.4. The Balaban J connectivity index is 1.18. The highest BCUT2D eigenvalue weighted by molar-refractivity contribution is 6.35. The molecule has 0 saturated carbocycles. The first-order chi connectivity index (χ1) is 21.6. The van der Waals surface area contributed by atoms with Gasteiger partial charge in [-0.3, -0.25) is 9.59 Å². The summed E-state index contributed by atoms with van der Waals surface area (Å²) in [6.45, 7) is 3.40. The van der Waals surface area contributed by atoms with E-state index in [1.54, 1.807) is 60.8 Å². The van der Waals surface area contributed by atoms with Crippen LogP contribution in [0.1, 0.15) is 52.5 Å². The maximum atomic E-state index is 13.8. The van der Waals surface area contributed by atoms with Crippen LogP contribution in [0.4, 0.5) is 41.6 Å². The third-order valence-corrected chi connectivity index (χ3v) is 8.00. The number of benzene rings is 3. The second kappa shape index (κ2) is 11.9. The van der Waals surface area contributed by atoms with Crippen LogP contribution < -0.4 is 20.9 Å². The zero-order valence-corrected chi connectivity index (χ0v) is 24.3. The van der Waals surface area contributed by atoms with E-state index in [0.29, 0.717) is 69.8 Å². The van der Waals surface area contributed by atoms with Crippen LogP contribution in [-0.4, -0.2) is 29.9 Å². The van der Waals surface area contributed by atoms with E-state index in [-0.39, 0.29) is 11.5 Å². The zero-order valence-electron chi connectivity index (χ0n) is 24.3. The van der Waals surface area contributed by atoms with Crippen LogP contribution in [-0.2, 0) is 11.0 Å². The Morgan fingerprint density at radius 1 is 1.02 bits per heavy atom. The smallest absolute Gasteiger partial charge is 0.371 e. The van der Waals surface area contributed by atoms with E-state index in [1.165, 1.54) is 6.07 Å². The summed E-state index contributed by atoms with van der Waals surface area (Å²) in [7, 11) is 0. The fourth-order valence-electron chi connectivity index (χ4n) is 5.53. The molecule has 1 aromatic heterocycles. The summed E-state index contributed by atoms with van der Waals surface area (Å²) in [6.07, 6.45) is 0.415. The van der Waals surface area contributed by atoms with Gasteiger partial charge in [0.2, 0.25) is 0 Å². The molecule has 2 amide bonds. The summed E-state index contributed by atoms with van der Waals surface area (Å²) >= 11 is 0. The number of anilines is 5. The third kappa shape index (κ3) is 6.55. The predicted molar refractivity (Wildman–Crippen MR) is 168 cm³/mol. The van der Waals surface area contributed by atoms with E-state index in [9.17, 15) is 22.8 Å². The SMILES string of the molecule is CC1CCN(c2cc(C(=O)Nc3cccc(Nc4ccc5c(c4)NC(=O)/C5=C\c4cc(C#N)c[nH]4)c3)cc(C(F)(F)F)c2)CC1. The molecular formula is C34H29F3N6O2. The molecule has 228 valence electrons. The van der Waals surface area contributed by atoms with Crippen molar-refractivity contribution in [1.29, 1.82) is 5.26 Å². The molecule has 0 aliphatic carbocycles. The van der Waals surface area contributed by atoms with Crippen molar-refractivity contribution < 1.29 is 22.8 Å². The summed E-state index contributed by atoms with van der Waals surface area (Å²) in [5.74, 6) is -0.407. The van der Waals surface area contributed by atoms with Gasteiger partial charge in [-0.1, -0.05) is 19.1 Å². The van der Waals surface area contributed by atoms with E-state index in [1.807, 2.05) is 11.0 Å². The van der Waals surface area contributed by atoms with Crippen molar-refractivity contribution in [2.45, 2.75) is 25.9 Å². The number of nitrogens with one attached hydrogen (secondary N) is 4. The van der Waals surface area contributed by atoms with Gasteiger partial charge >= 0.3 is 6.18 Å². The summed E-state index contributed by atoms with van der Waals surface area (Å²) < 4.78 is 41.3. The lowest BCUT2D eigenvalue weighted by Crippen LogP contribution is -2.33. The van der Waals surface area contributed by atoms with Crippen molar-refractivity contribution in [2.24, 2.45) is 5.92 Å². The highest BCUT2D eigenvalue weighted by atomic mass is 19.4. The van der Waals surface area contributed by atoms with Crippen molar-refractivity contribution in [3.63, 3.8) is 0 Å². The van der Waals surface area contributed by atoms with Gasteiger partial charge < -0.3 is 25.8 Å². The average molecular weight is 611 g/mol. The lowest BCUT2D eigenvalue weighted by atomic mass is 9.98. The van der Waals surface area contributed by atoms with Crippen LogP contribution in [0.25, 0.3) is 11.6 Å². The molecule has 3 heterocycles. The normalized spacial score (nSPS) is 15.8. The molecular weight excluding hydrogens is 581 g/mol. The van der Waals surface area contributed by atoms with Crippen LogP contribution in [0.3, 0.4) is 0 Å². The van der Waals surface area contributed by atoms with Gasteiger partial charge in [0.15, 0.2) is 0 Å². The number of nitrogens with zero attached hydrogens (tertiary/aromatic N) is 2. The number of hydrogen-bond donors (Lipinski definition) is 4. The van der Waals surface area contributed by atoms with Gasteiger partial charge in [-0.25, -0.2) is 0 Å². The number of halogens is 3. The number of nitriles is 1. The fourth-order valence-corrected chi connectivity index (χ4v) is 5.53. The Kier molecular flexibility index (Phi) is 7.81. The molecule has 6 rings (SSSR count). The fraction of sp³-hybridized carbons (Fsp3) is 0.206. The Bertz CT molecular complexity index is 1860. The van der Waals surface area contributed by atoms with E-state index >= 15 is 0 Å². The Labute approximate surface area is 257 Å². The predicted octanol–water partition coefficient (Wildman–Crippen LogP) is 7.63. The van der Waals surface area contributed by atoms with Crippen LogP contribution in [0.15, 0.2) is 72.9 Å². The maximum Gasteiger partial charge on any atom is 0.416 e. The number of carbonyl (C=O) groups excluding carboxylic acids is 2. The average Bonchev–Trinajstić information content (AvgIpc) is 3.60. The van der Waals surface area contributed by atoms with Crippen LogP contribution in [0.2, 0.25) is 0 Å². The summed E-state index contributed by atoms with van der Waals surface area (Å²) in [4.78, 5) is 30.7. The van der Waals surface area contributed by atoms with Gasteiger partial charge in [-0.15, -0.1) is 0 Å². The summed E-state index contributed by atoms with van der Waals surface area (Å²) in [5, 5.41) is 17.9. The molecule has 2 aliphatic heterocycles. The van der Waals surface area contributed by atoms with E-state index < -0.39 is 17.6 Å². The van der Waals surface area contributed by atoms with Gasteiger partial charge in [-0.05, 0) is 79.4 Å². The number of rotatable bonds is 6. The van der Waals surface area contributed by atoms with Crippen molar-refractivity contribution in [3.05, 3.63) is 101 Å². The molecule has 0 bridgehead atoms. The van der Waals surface area contributed by atoms with Crippen LogP contribution >= 0.6 is 0 Å². The number of aromatic nitrogens is 1. The van der Waals surface area contributed by atoms with Crippen molar-refractivity contribution in [2.75, 3.05) is 33.9 Å². The third-order valence-electron chi connectivity index (χ3n) is 8.00. The Morgan fingerprint density at radius 2 is 1.78 bits per heavy atom. The number of fused-ring (bicyclic) bond motifs is 1. The molecule has 8 nitrogen and oxygen atoms in total. The van der Waals surface area contributed by atoms with E-state index in [2.05, 4.69) is 27.9 Å². The highest BCUT2D eigenvalue weighted by Gasteiger charge is 2.33. The first-order valence-corrected chi connectivity index (χ1v) is 14.5. The molecule has 1 saturated heterocycles. The number of amides is 2. The molecule has 0 radical (unpaired) electrons. The van der Waals surface area contributed by atoms with Gasteiger partial charge in [0.1, 0.15) is 6.07 Å². The minimum absolute atomic E-state index is 0.0711. The molecule has 0 spiro atoms. The molecule has 4 N–H and O–H groups in total.